The first-order valence-electron chi connectivity index (χ1n) is 5.55. The van der Waals surface area contributed by atoms with Crippen molar-refractivity contribution in [3.05, 3.63) is 16.9 Å². The Balaban J connectivity index is 2.13. The first kappa shape index (κ1) is 11.6. The minimum Gasteiger partial charge on any atom is -0.396 e. The van der Waals surface area contributed by atoms with E-state index < -0.39 is 0 Å². The van der Waals surface area contributed by atoms with E-state index >= 15 is 0 Å². The average Bonchev–Trinajstić information content (AvgIpc) is 2.33. The Bertz CT molecular complexity index is 372. The second kappa shape index (κ2) is 4.97. The number of nitrogens with zero attached hydrogens (tertiary/aromatic N) is 3. The molecule has 2 rings (SSSR count). The fraction of sp³-hybridized carbons (Fsp3) is 0.636. The van der Waals surface area contributed by atoms with Crippen molar-refractivity contribution in [2.45, 2.75) is 19.8 Å². The van der Waals surface area contributed by atoms with Crippen LogP contribution in [0.25, 0.3) is 0 Å². The largest absolute Gasteiger partial charge is 0.396 e. The molecule has 0 aromatic carbocycles. The quantitative estimate of drug-likeness (QED) is 0.800. The Morgan fingerprint density at radius 1 is 1.62 bits per heavy atom. The van der Waals surface area contributed by atoms with Crippen molar-refractivity contribution in [3.63, 3.8) is 0 Å². The molecule has 1 unspecified atom stereocenters. The van der Waals surface area contributed by atoms with Crippen LogP contribution in [0.5, 0.6) is 0 Å². The molecular formula is C11H16ClN3O. The Hall–Kier alpha value is -0.870. The number of aliphatic hydroxyl groups is 1. The number of aryl methyl sites for hydroxylation is 1. The van der Waals surface area contributed by atoms with Gasteiger partial charge < -0.3 is 10.0 Å². The van der Waals surface area contributed by atoms with Crippen molar-refractivity contribution in [1.29, 1.82) is 0 Å². The normalized spacial score (nSPS) is 21.2. The predicted molar refractivity (Wildman–Crippen MR) is 63.8 cm³/mol. The van der Waals surface area contributed by atoms with Gasteiger partial charge >= 0.3 is 0 Å². The minimum atomic E-state index is 0.232. The molecule has 2 heterocycles. The van der Waals surface area contributed by atoms with Crippen molar-refractivity contribution in [3.8, 4) is 0 Å². The zero-order valence-corrected chi connectivity index (χ0v) is 10.1. The Kier molecular flexibility index (Phi) is 3.61. The molecule has 0 amide bonds. The van der Waals surface area contributed by atoms with Gasteiger partial charge in [-0.1, -0.05) is 11.6 Å². The van der Waals surface area contributed by atoms with Crippen LogP contribution in [0.3, 0.4) is 0 Å². The van der Waals surface area contributed by atoms with Crippen LogP contribution in [0, 0.1) is 12.8 Å². The number of halogens is 1. The third-order valence-electron chi connectivity index (χ3n) is 2.96. The molecule has 0 radical (unpaired) electrons. The molecule has 1 N–H and O–H groups in total. The van der Waals surface area contributed by atoms with Crippen molar-refractivity contribution in [1.82, 2.24) is 9.97 Å². The summed E-state index contributed by atoms with van der Waals surface area (Å²) in [6.45, 7) is 3.88. The topological polar surface area (TPSA) is 49.2 Å². The molecule has 0 saturated carbocycles. The third-order valence-corrected chi connectivity index (χ3v) is 3.34. The molecule has 4 nitrogen and oxygen atoms in total. The summed E-state index contributed by atoms with van der Waals surface area (Å²) >= 11 is 5.98. The first-order valence-corrected chi connectivity index (χ1v) is 5.93. The molecule has 1 aliphatic heterocycles. The number of rotatable bonds is 2. The van der Waals surface area contributed by atoms with Crippen LogP contribution in [0.1, 0.15) is 18.4 Å². The Morgan fingerprint density at radius 3 is 3.12 bits per heavy atom. The summed E-state index contributed by atoms with van der Waals surface area (Å²) in [7, 11) is 0. The Morgan fingerprint density at radius 2 is 2.44 bits per heavy atom. The highest BCUT2D eigenvalue weighted by Gasteiger charge is 2.21. The van der Waals surface area contributed by atoms with E-state index in [0.717, 1.165) is 31.5 Å². The first-order chi connectivity index (χ1) is 7.70. The van der Waals surface area contributed by atoms with Gasteiger partial charge in [0.15, 0.2) is 0 Å². The number of aliphatic hydroxyl groups excluding tert-OH is 1. The summed E-state index contributed by atoms with van der Waals surface area (Å²) < 4.78 is 0. The Labute approximate surface area is 100 Å². The highest BCUT2D eigenvalue weighted by atomic mass is 35.5. The van der Waals surface area contributed by atoms with E-state index in [-0.39, 0.29) is 6.61 Å². The van der Waals surface area contributed by atoms with Crippen LogP contribution >= 0.6 is 11.6 Å². The zero-order chi connectivity index (χ0) is 11.5. The fourth-order valence-corrected chi connectivity index (χ4v) is 2.09. The average molecular weight is 242 g/mol. The van der Waals surface area contributed by atoms with E-state index in [1.54, 1.807) is 6.20 Å². The molecule has 0 aliphatic carbocycles. The van der Waals surface area contributed by atoms with E-state index in [9.17, 15) is 0 Å². The lowest BCUT2D eigenvalue weighted by Gasteiger charge is -2.31. The molecule has 16 heavy (non-hydrogen) atoms. The van der Waals surface area contributed by atoms with Gasteiger partial charge in [-0.3, -0.25) is 0 Å². The van der Waals surface area contributed by atoms with E-state index in [2.05, 4.69) is 14.9 Å². The van der Waals surface area contributed by atoms with E-state index in [1.165, 1.54) is 0 Å². The van der Waals surface area contributed by atoms with E-state index in [4.69, 9.17) is 16.7 Å². The van der Waals surface area contributed by atoms with Gasteiger partial charge in [-0.05, 0) is 25.7 Å². The standard InChI is InChI=1S/C11H16ClN3O/c1-8-5-13-11(14-10(8)12)15-4-2-3-9(6-15)7-16/h5,9,16H,2-4,6-7H2,1H3. The number of hydrogen-bond donors (Lipinski definition) is 1. The summed E-state index contributed by atoms with van der Waals surface area (Å²) in [6.07, 6.45) is 3.89. The van der Waals surface area contributed by atoms with Gasteiger partial charge in [-0.15, -0.1) is 0 Å². The van der Waals surface area contributed by atoms with E-state index in [1.807, 2.05) is 6.92 Å². The number of piperidine rings is 1. The molecular weight excluding hydrogens is 226 g/mol. The molecule has 1 atom stereocenters. The maximum Gasteiger partial charge on any atom is 0.226 e. The maximum atomic E-state index is 9.16. The summed E-state index contributed by atoms with van der Waals surface area (Å²) in [6, 6.07) is 0. The third kappa shape index (κ3) is 2.44. The number of aromatic nitrogens is 2. The summed E-state index contributed by atoms with van der Waals surface area (Å²) in [5, 5.41) is 9.67. The smallest absolute Gasteiger partial charge is 0.226 e. The van der Waals surface area contributed by atoms with Crippen molar-refractivity contribution < 1.29 is 5.11 Å². The highest BCUT2D eigenvalue weighted by Crippen LogP contribution is 2.21. The van der Waals surface area contributed by atoms with Crippen molar-refractivity contribution >= 4 is 17.5 Å². The SMILES string of the molecule is Cc1cnc(N2CCCC(CO)C2)nc1Cl. The lowest BCUT2D eigenvalue weighted by atomic mass is 9.99. The van der Waals surface area contributed by atoms with Gasteiger partial charge in [0, 0.05) is 31.5 Å². The maximum absolute atomic E-state index is 9.16. The van der Waals surface area contributed by atoms with Gasteiger partial charge in [-0.25, -0.2) is 9.97 Å². The predicted octanol–water partition coefficient (Wildman–Crippen LogP) is 1.65. The minimum absolute atomic E-state index is 0.232. The van der Waals surface area contributed by atoms with Gasteiger partial charge in [0.1, 0.15) is 5.15 Å². The lowest BCUT2D eigenvalue weighted by molar-refractivity contribution is 0.208. The lowest BCUT2D eigenvalue weighted by Crippen LogP contribution is -2.37. The van der Waals surface area contributed by atoms with Crippen LogP contribution < -0.4 is 4.90 Å². The summed E-state index contributed by atoms with van der Waals surface area (Å²) in [5.74, 6) is 1.01. The van der Waals surface area contributed by atoms with Gasteiger partial charge in [0.25, 0.3) is 0 Å². The second-order valence-corrected chi connectivity index (χ2v) is 4.64. The molecule has 1 aromatic heterocycles. The van der Waals surface area contributed by atoms with Crippen LogP contribution in [0.15, 0.2) is 6.20 Å². The van der Waals surface area contributed by atoms with Gasteiger partial charge in [0.2, 0.25) is 5.95 Å². The van der Waals surface area contributed by atoms with Gasteiger partial charge in [0.05, 0.1) is 0 Å². The molecule has 0 spiro atoms. The second-order valence-electron chi connectivity index (χ2n) is 4.28. The van der Waals surface area contributed by atoms with Crippen LogP contribution in [-0.4, -0.2) is 34.8 Å². The van der Waals surface area contributed by atoms with Crippen molar-refractivity contribution in [2.24, 2.45) is 5.92 Å². The van der Waals surface area contributed by atoms with E-state index in [0.29, 0.717) is 17.0 Å². The fourth-order valence-electron chi connectivity index (χ4n) is 1.96. The van der Waals surface area contributed by atoms with Crippen molar-refractivity contribution in [2.75, 3.05) is 24.6 Å². The molecule has 1 aromatic rings. The molecule has 1 saturated heterocycles. The molecule has 0 bridgehead atoms. The molecule has 5 heteroatoms. The van der Waals surface area contributed by atoms with Crippen LogP contribution in [-0.2, 0) is 0 Å². The summed E-state index contributed by atoms with van der Waals surface area (Å²) in [4.78, 5) is 10.6. The number of hydrogen-bond acceptors (Lipinski definition) is 4. The monoisotopic (exact) mass is 241 g/mol. The molecule has 1 aliphatic rings. The molecule has 88 valence electrons. The number of anilines is 1. The molecule has 1 fully saturated rings. The van der Waals surface area contributed by atoms with Crippen LogP contribution in [0.4, 0.5) is 5.95 Å². The zero-order valence-electron chi connectivity index (χ0n) is 9.36. The highest BCUT2D eigenvalue weighted by molar-refractivity contribution is 6.30. The summed E-state index contributed by atoms with van der Waals surface area (Å²) in [5.41, 5.74) is 0.890. The van der Waals surface area contributed by atoms with Gasteiger partial charge in [-0.2, -0.15) is 0 Å². The van der Waals surface area contributed by atoms with Crippen LogP contribution in [0.2, 0.25) is 5.15 Å².